The summed E-state index contributed by atoms with van der Waals surface area (Å²) in [7, 11) is 0. The minimum atomic E-state index is 0.193. The van der Waals surface area contributed by atoms with Crippen LogP contribution in [0.2, 0.25) is 0 Å². The summed E-state index contributed by atoms with van der Waals surface area (Å²) in [5.41, 5.74) is 3.81. The number of azo groups is 1. The van der Waals surface area contributed by atoms with Gasteiger partial charge in [-0.3, -0.25) is 0 Å². The first-order chi connectivity index (χ1) is 11.3. The van der Waals surface area contributed by atoms with Crippen molar-refractivity contribution in [2.24, 2.45) is 16.1 Å². The first-order valence-corrected chi connectivity index (χ1v) is 7.87. The van der Waals surface area contributed by atoms with Gasteiger partial charge in [0.1, 0.15) is 0 Å². The van der Waals surface area contributed by atoms with Crippen LogP contribution in [-0.4, -0.2) is 10.1 Å². The standard InChI is InChI=1S/C19H15N3O/c23-19-15(13-3-1-2-4-16(13)20-19)9-11-5-8-14-17(10-11)21-22-18(14)12-6-7-12/h1-5,8-10,12,20,23H,6-7H2. The number of benzene rings is 2. The average molecular weight is 301 g/mol. The molecule has 4 heteroatoms. The molecule has 4 nitrogen and oxygen atoms in total. The third-order valence-electron chi connectivity index (χ3n) is 4.56. The quantitative estimate of drug-likeness (QED) is 0.749. The molecule has 1 saturated carbocycles. The Kier molecular flexibility index (Phi) is 2.50. The van der Waals surface area contributed by atoms with Crippen LogP contribution in [0.1, 0.15) is 18.4 Å². The molecular weight excluding hydrogens is 286 g/mol. The predicted octanol–water partition coefficient (Wildman–Crippen LogP) is 3.32. The number of hydrogen-bond acceptors (Lipinski definition) is 3. The van der Waals surface area contributed by atoms with Crippen LogP contribution in [0.25, 0.3) is 22.7 Å². The van der Waals surface area contributed by atoms with Gasteiger partial charge in [0.15, 0.2) is 5.88 Å². The van der Waals surface area contributed by atoms with E-state index in [0.29, 0.717) is 5.92 Å². The number of rotatable bonds is 2. The molecule has 2 heterocycles. The molecule has 23 heavy (non-hydrogen) atoms. The molecule has 1 aliphatic carbocycles. The van der Waals surface area contributed by atoms with Crippen LogP contribution in [0, 0.1) is 5.92 Å². The monoisotopic (exact) mass is 301 g/mol. The van der Waals surface area contributed by atoms with Crippen molar-refractivity contribution in [3.63, 3.8) is 0 Å². The van der Waals surface area contributed by atoms with Crippen LogP contribution in [0.5, 0.6) is 5.88 Å². The lowest BCUT2D eigenvalue weighted by molar-refractivity contribution is 0.457. The fourth-order valence-corrected chi connectivity index (χ4v) is 3.22. The van der Waals surface area contributed by atoms with Gasteiger partial charge in [-0.15, -0.1) is 0 Å². The van der Waals surface area contributed by atoms with Crippen LogP contribution >= 0.6 is 0 Å². The number of para-hydroxylation sites is 1. The lowest BCUT2D eigenvalue weighted by Crippen LogP contribution is -2.09. The van der Waals surface area contributed by atoms with Crippen LogP contribution in [-0.2, 0) is 0 Å². The van der Waals surface area contributed by atoms with E-state index in [9.17, 15) is 5.11 Å². The van der Waals surface area contributed by atoms with Crippen molar-refractivity contribution >= 4 is 28.4 Å². The molecule has 2 aliphatic rings. The molecule has 5 rings (SSSR count). The van der Waals surface area contributed by atoms with Crippen LogP contribution in [0.15, 0.2) is 52.7 Å². The molecule has 1 aromatic heterocycles. The van der Waals surface area contributed by atoms with E-state index in [-0.39, 0.29) is 5.88 Å². The summed E-state index contributed by atoms with van der Waals surface area (Å²) in [6.45, 7) is 0. The lowest BCUT2D eigenvalue weighted by Gasteiger charge is -1.95. The van der Waals surface area contributed by atoms with Crippen molar-refractivity contribution in [2.75, 3.05) is 0 Å². The van der Waals surface area contributed by atoms with E-state index in [4.69, 9.17) is 0 Å². The van der Waals surface area contributed by atoms with Gasteiger partial charge in [0.2, 0.25) is 0 Å². The lowest BCUT2D eigenvalue weighted by atomic mass is 10.1. The Morgan fingerprint density at radius 3 is 2.83 bits per heavy atom. The highest BCUT2D eigenvalue weighted by atomic mass is 16.3. The molecule has 2 aromatic carbocycles. The van der Waals surface area contributed by atoms with Crippen LogP contribution < -0.4 is 10.4 Å². The largest absolute Gasteiger partial charge is 0.494 e. The topological polar surface area (TPSA) is 60.7 Å². The Hall–Kier alpha value is -2.88. The van der Waals surface area contributed by atoms with Gasteiger partial charge in [-0.2, -0.15) is 10.2 Å². The van der Waals surface area contributed by atoms with Crippen molar-refractivity contribution in [3.8, 4) is 5.88 Å². The number of aromatic nitrogens is 1. The highest BCUT2D eigenvalue weighted by Gasteiger charge is 2.29. The second-order valence-electron chi connectivity index (χ2n) is 6.21. The maximum atomic E-state index is 10.2. The van der Waals surface area contributed by atoms with Crippen LogP contribution in [0.4, 0.5) is 5.69 Å². The molecule has 0 unspecified atom stereocenters. The minimum absolute atomic E-state index is 0.193. The summed E-state index contributed by atoms with van der Waals surface area (Å²) in [5.74, 6) is 0.797. The number of aromatic hydroxyl groups is 1. The van der Waals surface area contributed by atoms with Crippen molar-refractivity contribution in [2.45, 2.75) is 12.8 Å². The van der Waals surface area contributed by atoms with E-state index < -0.39 is 0 Å². The molecule has 112 valence electrons. The highest BCUT2D eigenvalue weighted by molar-refractivity contribution is 5.91. The summed E-state index contributed by atoms with van der Waals surface area (Å²) >= 11 is 0. The number of H-pyrrole nitrogens is 1. The summed E-state index contributed by atoms with van der Waals surface area (Å²) in [6.07, 6.45) is 4.44. The van der Waals surface area contributed by atoms with Crippen molar-refractivity contribution in [3.05, 3.63) is 58.5 Å². The van der Waals surface area contributed by atoms with Crippen molar-refractivity contribution in [1.82, 2.24) is 4.98 Å². The third-order valence-corrected chi connectivity index (χ3v) is 4.56. The van der Waals surface area contributed by atoms with E-state index in [1.807, 2.05) is 36.4 Å². The molecule has 0 bridgehead atoms. The SMILES string of the molecule is Oc1[nH]c2ccccc2c1C=c1ccc2c(c1)N=NC=2C1CC1. The van der Waals surface area contributed by atoms with Gasteiger partial charge >= 0.3 is 0 Å². The van der Waals surface area contributed by atoms with Crippen LogP contribution in [0.3, 0.4) is 0 Å². The third kappa shape index (κ3) is 1.99. The second-order valence-corrected chi connectivity index (χ2v) is 6.21. The first kappa shape index (κ1) is 12.6. The van der Waals surface area contributed by atoms with E-state index in [0.717, 1.165) is 38.3 Å². The molecule has 1 fully saturated rings. The Morgan fingerprint density at radius 2 is 1.96 bits per heavy atom. The Bertz CT molecular complexity index is 1090. The van der Waals surface area contributed by atoms with E-state index in [2.05, 4.69) is 27.3 Å². The van der Waals surface area contributed by atoms with Gasteiger partial charge in [0, 0.05) is 27.6 Å². The van der Waals surface area contributed by atoms with Gasteiger partial charge in [-0.25, -0.2) is 0 Å². The zero-order chi connectivity index (χ0) is 15.4. The highest BCUT2D eigenvalue weighted by Crippen LogP contribution is 2.39. The number of nitrogens with one attached hydrogen (secondary N) is 1. The fraction of sp³-hybridized carbons (Fsp3) is 0.158. The minimum Gasteiger partial charge on any atom is -0.494 e. The predicted molar refractivity (Wildman–Crippen MR) is 89.9 cm³/mol. The Morgan fingerprint density at radius 1 is 1.09 bits per heavy atom. The zero-order valence-corrected chi connectivity index (χ0v) is 12.5. The summed E-state index contributed by atoms with van der Waals surface area (Å²) in [5, 5.41) is 22.0. The molecule has 0 amide bonds. The number of hydrogen-bond donors (Lipinski definition) is 2. The van der Waals surface area contributed by atoms with E-state index in [1.165, 1.54) is 12.8 Å². The molecule has 0 radical (unpaired) electrons. The normalized spacial score (nSPS) is 17.2. The summed E-state index contributed by atoms with van der Waals surface area (Å²) < 4.78 is 0. The fourth-order valence-electron chi connectivity index (χ4n) is 3.22. The van der Waals surface area contributed by atoms with Gasteiger partial charge in [0.25, 0.3) is 0 Å². The summed E-state index contributed by atoms with van der Waals surface area (Å²) in [4.78, 5) is 3.01. The molecular formula is C19H15N3O. The number of fused-ring (bicyclic) bond motifs is 2. The van der Waals surface area contributed by atoms with Gasteiger partial charge in [-0.05, 0) is 36.3 Å². The van der Waals surface area contributed by atoms with Crippen molar-refractivity contribution < 1.29 is 5.11 Å². The molecule has 0 saturated heterocycles. The molecule has 3 aromatic rings. The van der Waals surface area contributed by atoms with Gasteiger partial charge < -0.3 is 10.1 Å². The molecule has 1 aliphatic heterocycles. The number of aromatic amines is 1. The Labute approximate surface area is 132 Å². The summed E-state index contributed by atoms with van der Waals surface area (Å²) in [6, 6.07) is 14.1. The molecule has 2 N–H and O–H groups in total. The maximum absolute atomic E-state index is 10.2. The molecule has 0 atom stereocenters. The first-order valence-electron chi connectivity index (χ1n) is 7.87. The van der Waals surface area contributed by atoms with E-state index in [1.54, 1.807) is 0 Å². The average Bonchev–Trinajstić information content (AvgIpc) is 3.25. The van der Waals surface area contributed by atoms with E-state index >= 15 is 0 Å². The molecule has 0 spiro atoms. The van der Waals surface area contributed by atoms with Gasteiger partial charge in [0.05, 0.1) is 11.4 Å². The zero-order valence-electron chi connectivity index (χ0n) is 12.5. The maximum Gasteiger partial charge on any atom is 0.196 e. The van der Waals surface area contributed by atoms with Crippen molar-refractivity contribution in [1.29, 1.82) is 0 Å². The second kappa shape index (κ2) is 4.56. The Balaban J connectivity index is 1.69. The number of nitrogens with zero attached hydrogens (tertiary/aromatic N) is 2. The smallest absolute Gasteiger partial charge is 0.196 e. The van der Waals surface area contributed by atoms with Gasteiger partial charge in [-0.1, -0.05) is 30.3 Å².